The molecular weight excluding hydrogens is 380 g/mol. The zero-order chi connectivity index (χ0) is 17.0. The van der Waals surface area contributed by atoms with Gasteiger partial charge in [-0.1, -0.05) is 33.6 Å². The SMILES string of the molecule is CC(C)NC(=O)c1ccc(Cl)cc1NC(=O)c1cccc(Br)c1. The average Bonchev–Trinajstić information content (AvgIpc) is 2.46. The lowest BCUT2D eigenvalue weighted by Gasteiger charge is -2.13. The number of halogens is 2. The number of amides is 2. The summed E-state index contributed by atoms with van der Waals surface area (Å²) in [5, 5.41) is 5.98. The molecule has 2 N–H and O–H groups in total. The van der Waals surface area contributed by atoms with Gasteiger partial charge in [-0.25, -0.2) is 0 Å². The van der Waals surface area contributed by atoms with Crippen LogP contribution in [0.2, 0.25) is 5.02 Å². The van der Waals surface area contributed by atoms with Gasteiger partial charge in [-0.2, -0.15) is 0 Å². The fourth-order valence-electron chi connectivity index (χ4n) is 1.98. The summed E-state index contributed by atoms with van der Waals surface area (Å²) in [4.78, 5) is 24.6. The fraction of sp³-hybridized carbons (Fsp3) is 0.176. The Morgan fingerprint density at radius 1 is 1.09 bits per heavy atom. The molecule has 0 radical (unpaired) electrons. The van der Waals surface area contributed by atoms with E-state index < -0.39 is 0 Å². The van der Waals surface area contributed by atoms with Gasteiger partial charge in [-0.3, -0.25) is 9.59 Å². The molecule has 0 bridgehead atoms. The van der Waals surface area contributed by atoms with Gasteiger partial charge in [0.2, 0.25) is 0 Å². The van der Waals surface area contributed by atoms with Gasteiger partial charge in [-0.15, -0.1) is 0 Å². The molecule has 0 spiro atoms. The van der Waals surface area contributed by atoms with Crippen LogP contribution in [-0.2, 0) is 0 Å². The maximum Gasteiger partial charge on any atom is 0.255 e. The number of carbonyl (C=O) groups is 2. The zero-order valence-electron chi connectivity index (χ0n) is 12.7. The lowest BCUT2D eigenvalue weighted by molar-refractivity contribution is 0.0944. The van der Waals surface area contributed by atoms with E-state index in [1.165, 1.54) is 0 Å². The van der Waals surface area contributed by atoms with E-state index >= 15 is 0 Å². The summed E-state index contributed by atoms with van der Waals surface area (Å²) < 4.78 is 0.800. The van der Waals surface area contributed by atoms with Crippen LogP contribution in [0.3, 0.4) is 0 Å². The second kappa shape index (κ2) is 7.62. The minimum absolute atomic E-state index is 0.00758. The van der Waals surface area contributed by atoms with Gasteiger partial charge in [0.1, 0.15) is 0 Å². The topological polar surface area (TPSA) is 58.2 Å². The molecule has 0 atom stereocenters. The second-order valence-corrected chi connectivity index (χ2v) is 6.63. The number of benzene rings is 2. The number of hydrogen-bond acceptors (Lipinski definition) is 2. The van der Waals surface area contributed by atoms with Crippen molar-refractivity contribution in [2.45, 2.75) is 19.9 Å². The summed E-state index contributed by atoms with van der Waals surface area (Å²) in [5.74, 6) is -0.576. The highest BCUT2D eigenvalue weighted by Crippen LogP contribution is 2.22. The van der Waals surface area contributed by atoms with Crippen LogP contribution in [0.15, 0.2) is 46.9 Å². The van der Waals surface area contributed by atoms with Crippen LogP contribution in [0, 0.1) is 0 Å². The highest BCUT2D eigenvalue weighted by atomic mass is 79.9. The molecule has 2 aromatic rings. The van der Waals surface area contributed by atoms with E-state index in [9.17, 15) is 9.59 Å². The number of carbonyl (C=O) groups excluding carboxylic acids is 2. The van der Waals surface area contributed by atoms with E-state index in [4.69, 9.17) is 11.6 Å². The van der Waals surface area contributed by atoms with Crippen LogP contribution in [0.1, 0.15) is 34.6 Å². The van der Waals surface area contributed by atoms with Crippen LogP contribution in [-0.4, -0.2) is 17.9 Å². The molecule has 0 saturated heterocycles. The highest BCUT2D eigenvalue weighted by Gasteiger charge is 2.15. The van der Waals surface area contributed by atoms with E-state index in [-0.39, 0.29) is 17.9 Å². The molecule has 0 fully saturated rings. The first-order valence-corrected chi connectivity index (χ1v) is 8.21. The van der Waals surface area contributed by atoms with Crippen molar-refractivity contribution in [3.05, 3.63) is 63.1 Å². The molecule has 0 heterocycles. The van der Waals surface area contributed by atoms with Crippen molar-refractivity contribution >= 4 is 45.0 Å². The highest BCUT2D eigenvalue weighted by molar-refractivity contribution is 9.10. The summed E-state index contributed by atoms with van der Waals surface area (Å²) >= 11 is 9.32. The van der Waals surface area contributed by atoms with E-state index in [1.54, 1.807) is 36.4 Å². The minimum atomic E-state index is -0.313. The van der Waals surface area contributed by atoms with Gasteiger partial charge in [0.15, 0.2) is 0 Å². The van der Waals surface area contributed by atoms with Crippen molar-refractivity contribution in [1.29, 1.82) is 0 Å². The Balaban J connectivity index is 2.29. The molecular formula is C17H16BrClN2O2. The Hall–Kier alpha value is -1.85. The third-order valence-corrected chi connectivity index (χ3v) is 3.71. The van der Waals surface area contributed by atoms with Gasteiger partial charge >= 0.3 is 0 Å². The molecule has 0 aliphatic carbocycles. The summed E-state index contributed by atoms with van der Waals surface area (Å²) in [5.41, 5.74) is 1.22. The number of nitrogens with one attached hydrogen (secondary N) is 2. The van der Waals surface area contributed by atoms with Gasteiger partial charge in [0.25, 0.3) is 11.8 Å². The smallest absolute Gasteiger partial charge is 0.255 e. The Morgan fingerprint density at radius 3 is 2.48 bits per heavy atom. The average molecular weight is 396 g/mol. The normalized spacial score (nSPS) is 10.5. The number of anilines is 1. The van der Waals surface area contributed by atoms with Crippen molar-refractivity contribution in [1.82, 2.24) is 5.32 Å². The molecule has 23 heavy (non-hydrogen) atoms. The minimum Gasteiger partial charge on any atom is -0.350 e. The van der Waals surface area contributed by atoms with E-state index in [1.807, 2.05) is 19.9 Å². The molecule has 6 heteroatoms. The molecule has 4 nitrogen and oxygen atoms in total. The lowest BCUT2D eigenvalue weighted by Crippen LogP contribution is -2.31. The van der Waals surface area contributed by atoms with E-state index in [2.05, 4.69) is 26.6 Å². The van der Waals surface area contributed by atoms with Crippen molar-refractivity contribution in [2.24, 2.45) is 0 Å². The van der Waals surface area contributed by atoms with Gasteiger partial charge in [0, 0.05) is 21.1 Å². The maximum absolute atomic E-state index is 12.4. The molecule has 0 unspecified atom stereocenters. The number of hydrogen-bond donors (Lipinski definition) is 2. The van der Waals surface area contributed by atoms with Crippen molar-refractivity contribution in [3.63, 3.8) is 0 Å². The molecule has 2 rings (SSSR count). The van der Waals surface area contributed by atoms with Crippen LogP contribution in [0.4, 0.5) is 5.69 Å². The van der Waals surface area contributed by atoms with Crippen molar-refractivity contribution in [3.8, 4) is 0 Å². The van der Waals surface area contributed by atoms with E-state index in [0.717, 1.165) is 4.47 Å². The first-order valence-electron chi connectivity index (χ1n) is 7.04. The molecule has 0 saturated carbocycles. The summed E-state index contributed by atoms with van der Waals surface area (Å²) in [6, 6.07) is 11.8. The molecule has 120 valence electrons. The largest absolute Gasteiger partial charge is 0.350 e. The third kappa shape index (κ3) is 4.81. The zero-order valence-corrected chi connectivity index (χ0v) is 15.0. The molecule has 0 aliphatic heterocycles. The molecule has 0 aromatic heterocycles. The predicted molar refractivity (Wildman–Crippen MR) is 96.1 cm³/mol. The quantitative estimate of drug-likeness (QED) is 0.801. The van der Waals surface area contributed by atoms with Gasteiger partial charge < -0.3 is 10.6 Å². The van der Waals surface area contributed by atoms with Crippen LogP contribution < -0.4 is 10.6 Å². The van der Waals surface area contributed by atoms with Crippen molar-refractivity contribution < 1.29 is 9.59 Å². The van der Waals surface area contributed by atoms with Crippen LogP contribution >= 0.6 is 27.5 Å². The van der Waals surface area contributed by atoms with Crippen LogP contribution in [0.5, 0.6) is 0 Å². The molecule has 2 aromatic carbocycles. The number of rotatable bonds is 4. The second-order valence-electron chi connectivity index (χ2n) is 5.28. The maximum atomic E-state index is 12.4. The Bertz CT molecular complexity index is 747. The third-order valence-electron chi connectivity index (χ3n) is 2.98. The van der Waals surface area contributed by atoms with Gasteiger partial charge in [0.05, 0.1) is 11.3 Å². The van der Waals surface area contributed by atoms with Crippen molar-refractivity contribution in [2.75, 3.05) is 5.32 Å². The lowest BCUT2D eigenvalue weighted by atomic mass is 10.1. The summed E-state index contributed by atoms with van der Waals surface area (Å²) in [6.45, 7) is 3.74. The Labute approximate surface area is 148 Å². The first-order chi connectivity index (χ1) is 10.9. The Kier molecular flexibility index (Phi) is 5.80. The first kappa shape index (κ1) is 17.5. The molecule has 2 amide bonds. The van der Waals surface area contributed by atoms with Gasteiger partial charge in [-0.05, 0) is 50.2 Å². The molecule has 0 aliphatic rings. The summed E-state index contributed by atoms with van der Waals surface area (Å²) in [7, 11) is 0. The standard InChI is InChI=1S/C17H16BrClN2O2/c1-10(2)20-17(23)14-7-6-13(19)9-15(14)21-16(22)11-4-3-5-12(18)8-11/h3-10H,1-2H3,(H,20,23)(H,21,22). The predicted octanol–water partition coefficient (Wildman–Crippen LogP) is 4.49. The van der Waals surface area contributed by atoms with Crippen LogP contribution in [0.25, 0.3) is 0 Å². The van der Waals surface area contributed by atoms with E-state index in [0.29, 0.717) is 21.8 Å². The summed E-state index contributed by atoms with van der Waals surface area (Å²) in [6.07, 6.45) is 0. The monoisotopic (exact) mass is 394 g/mol. The Morgan fingerprint density at radius 2 is 1.83 bits per heavy atom. The fourth-order valence-corrected chi connectivity index (χ4v) is 2.55.